The van der Waals surface area contributed by atoms with Gasteiger partial charge >= 0.3 is 0 Å². The lowest BCUT2D eigenvalue weighted by atomic mass is 10.1. The third-order valence-corrected chi connectivity index (χ3v) is 3.83. The summed E-state index contributed by atoms with van der Waals surface area (Å²) in [6.45, 7) is 3.34. The van der Waals surface area contributed by atoms with Gasteiger partial charge in [0.15, 0.2) is 12.4 Å². The van der Waals surface area contributed by atoms with E-state index in [1.807, 2.05) is 20.9 Å². The summed E-state index contributed by atoms with van der Waals surface area (Å²) < 4.78 is 7.25. The van der Waals surface area contributed by atoms with Gasteiger partial charge in [-0.15, -0.1) is 0 Å². The molecule has 1 aromatic carbocycles. The smallest absolute Gasteiger partial charge is 0.258 e. The Bertz CT molecular complexity index is 683. The number of nitrogens with one attached hydrogen (secondary N) is 1. The third-order valence-electron chi connectivity index (χ3n) is 3.58. The van der Waals surface area contributed by atoms with Gasteiger partial charge in [-0.25, -0.2) is 0 Å². The minimum atomic E-state index is -0.501. The van der Waals surface area contributed by atoms with Crippen molar-refractivity contribution in [1.29, 1.82) is 0 Å². The summed E-state index contributed by atoms with van der Waals surface area (Å²) in [6.07, 6.45) is 0. The Hall–Kier alpha value is -2.05. The molecular formula is C16H20ClN3O3. The molecule has 0 aliphatic heterocycles. The van der Waals surface area contributed by atoms with Gasteiger partial charge in [0.2, 0.25) is 0 Å². The number of hydrogen-bond acceptors (Lipinski definition) is 4. The van der Waals surface area contributed by atoms with E-state index in [-0.39, 0.29) is 19.1 Å². The first-order chi connectivity index (χ1) is 10.9. The Morgan fingerprint density at radius 2 is 2.04 bits per heavy atom. The lowest BCUT2D eigenvalue weighted by molar-refractivity contribution is -0.124. The van der Waals surface area contributed by atoms with Crippen molar-refractivity contribution in [2.45, 2.75) is 19.9 Å². The molecule has 2 rings (SSSR count). The second-order valence-electron chi connectivity index (χ2n) is 5.27. The summed E-state index contributed by atoms with van der Waals surface area (Å²) in [7, 11) is 1.82. The summed E-state index contributed by atoms with van der Waals surface area (Å²) >= 11 is 5.84. The monoisotopic (exact) mass is 337 g/mol. The highest BCUT2D eigenvalue weighted by atomic mass is 35.5. The van der Waals surface area contributed by atoms with Crippen LogP contribution in [0.3, 0.4) is 0 Å². The van der Waals surface area contributed by atoms with E-state index in [4.69, 9.17) is 16.3 Å². The molecule has 2 N–H and O–H groups in total. The molecule has 2 aromatic rings. The number of ether oxygens (including phenoxy) is 1. The first-order valence-electron chi connectivity index (χ1n) is 7.21. The van der Waals surface area contributed by atoms with Gasteiger partial charge in [-0.1, -0.05) is 23.7 Å². The number of carbonyl (C=O) groups is 1. The summed E-state index contributed by atoms with van der Waals surface area (Å²) in [5, 5.41) is 17.0. The molecular weight excluding hydrogens is 318 g/mol. The molecule has 0 spiro atoms. The zero-order chi connectivity index (χ0) is 17.0. The number of aliphatic hydroxyl groups excluding tert-OH is 1. The van der Waals surface area contributed by atoms with Crippen molar-refractivity contribution < 1.29 is 14.6 Å². The van der Waals surface area contributed by atoms with Crippen LogP contribution in [0.25, 0.3) is 0 Å². The SMILES string of the molecule is Cc1nn(C)c(C)c1OCC(=O)NC(CO)c1ccc(Cl)cc1. The van der Waals surface area contributed by atoms with Gasteiger partial charge in [0, 0.05) is 12.1 Å². The van der Waals surface area contributed by atoms with Gasteiger partial charge < -0.3 is 15.2 Å². The highest BCUT2D eigenvalue weighted by molar-refractivity contribution is 6.30. The lowest BCUT2D eigenvalue weighted by Gasteiger charge is -2.17. The Labute approximate surface area is 140 Å². The van der Waals surface area contributed by atoms with Crippen molar-refractivity contribution in [2.75, 3.05) is 13.2 Å². The fraction of sp³-hybridized carbons (Fsp3) is 0.375. The van der Waals surface area contributed by atoms with Gasteiger partial charge in [-0.3, -0.25) is 9.48 Å². The van der Waals surface area contributed by atoms with E-state index in [2.05, 4.69) is 10.4 Å². The van der Waals surface area contributed by atoms with E-state index in [1.54, 1.807) is 28.9 Å². The molecule has 7 heteroatoms. The normalized spacial score (nSPS) is 12.0. The van der Waals surface area contributed by atoms with Gasteiger partial charge in [0.1, 0.15) is 5.69 Å². The number of rotatable bonds is 6. The van der Waals surface area contributed by atoms with Crippen LogP contribution in [-0.4, -0.2) is 34.0 Å². The predicted molar refractivity (Wildman–Crippen MR) is 87.6 cm³/mol. The molecule has 1 atom stereocenters. The Balaban J connectivity index is 1.96. The van der Waals surface area contributed by atoms with Crippen LogP contribution in [0, 0.1) is 13.8 Å². The van der Waals surface area contributed by atoms with Crippen LogP contribution in [-0.2, 0) is 11.8 Å². The number of aliphatic hydroxyl groups is 1. The maximum absolute atomic E-state index is 12.1. The van der Waals surface area contributed by atoms with E-state index in [1.165, 1.54) is 0 Å². The fourth-order valence-electron chi connectivity index (χ4n) is 2.27. The van der Waals surface area contributed by atoms with Crippen LogP contribution in [0.15, 0.2) is 24.3 Å². The van der Waals surface area contributed by atoms with Crippen molar-refractivity contribution in [3.63, 3.8) is 0 Å². The summed E-state index contributed by atoms with van der Waals surface area (Å²) in [5.74, 6) is 0.288. The second kappa shape index (κ2) is 7.48. The van der Waals surface area contributed by atoms with Crippen molar-refractivity contribution in [2.24, 2.45) is 7.05 Å². The number of benzene rings is 1. The largest absolute Gasteiger partial charge is 0.480 e. The van der Waals surface area contributed by atoms with Gasteiger partial charge in [-0.2, -0.15) is 5.10 Å². The number of nitrogens with zero attached hydrogens (tertiary/aromatic N) is 2. The molecule has 0 saturated carbocycles. The molecule has 0 aliphatic rings. The van der Waals surface area contributed by atoms with E-state index in [0.717, 1.165) is 17.0 Å². The van der Waals surface area contributed by atoms with Crippen molar-refractivity contribution in [1.82, 2.24) is 15.1 Å². The fourth-order valence-corrected chi connectivity index (χ4v) is 2.39. The van der Waals surface area contributed by atoms with Crippen LogP contribution >= 0.6 is 11.6 Å². The summed E-state index contributed by atoms with van der Waals surface area (Å²) in [5.41, 5.74) is 2.36. The number of halogens is 1. The van der Waals surface area contributed by atoms with E-state index >= 15 is 0 Å². The van der Waals surface area contributed by atoms with Crippen LogP contribution < -0.4 is 10.1 Å². The van der Waals surface area contributed by atoms with Crippen LogP contribution in [0.4, 0.5) is 0 Å². The van der Waals surface area contributed by atoms with Crippen LogP contribution in [0.5, 0.6) is 5.75 Å². The average Bonchev–Trinajstić information content (AvgIpc) is 2.77. The highest BCUT2D eigenvalue weighted by Crippen LogP contribution is 2.21. The van der Waals surface area contributed by atoms with Crippen molar-refractivity contribution in [3.8, 4) is 5.75 Å². The number of aromatic nitrogens is 2. The molecule has 0 aliphatic carbocycles. The first-order valence-corrected chi connectivity index (χ1v) is 7.59. The molecule has 0 bridgehead atoms. The minimum absolute atomic E-state index is 0.141. The van der Waals surface area contributed by atoms with E-state index in [9.17, 15) is 9.90 Å². The molecule has 1 heterocycles. The zero-order valence-corrected chi connectivity index (χ0v) is 14.1. The summed E-state index contributed by atoms with van der Waals surface area (Å²) in [4.78, 5) is 12.1. The molecule has 124 valence electrons. The maximum atomic E-state index is 12.1. The van der Waals surface area contributed by atoms with Crippen molar-refractivity contribution >= 4 is 17.5 Å². The van der Waals surface area contributed by atoms with Gasteiger partial charge in [0.05, 0.1) is 18.3 Å². The highest BCUT2D eigenvalue weighted by Gasteiger charge is 2.16. The molecule has 0 saturated heterocycles. The molecule has 23 heavy (non-hydrogen) atoms. The average molecular weight is 338 g/mol. The molecule has 6 nitrogen and oxygen atoms in total. The standard InChI is InChI=1S/C16H20ClN3O3/c1-10-16(11(2)20(3)19-10)23-9-15(22)18-14(8-21)12-4-6-13(17)7-5-12/h4-7,14,21H,8-9H2,1-3H3,(H,18,22). The minimum Gasteiger partial charge on any atom is -0.480 e. The maximum Gasteiger partial charge on any atom is 0.258 e. The Morgan fingerprint density at radius 3 is 2.57 bits per heavy atom. The van der Waals surface area contributed by atoms with Crippen molar-refractivity contribution in [3.05, 3.63) is 46.2 Å². The number of aryl methyl sites for hydroxylation is 2. The van der Waals surface area contributed by atoms with E-state index in [0.29, 0.717) is 10.8 Å². The molecule has 1 unspecified atom stereocenters. The molecule has 1 amide bonds. The topological polar surface area (TPSA) is 76.4 Å². The van der Waals surface area contributed by atoms with Crippen LogP contribution in [0.2, 0.25) is 5.02 Å². The van der Waals surface area contributed by atoms with Crippen LogP contribution in [0.1, 0.15) is 23.0 Å². The Morgan fingerprint density at radius 1 is 1.39 bits per heavy atom. The zero-order valence-electron chi connectivity index (χ0n) is 13.3. The number of carbonyl (C=O) groups excluding carboxylic acids is 1. The number of hydrogen-bond donors (Lipinski definition) is 2. The third kappa shape index (κ3) is 4.24. The van der Waals surface area contributed by atoms with E-state index < -0.39 is 6.04 Å². The quantitative estimate of drug-likeness (QED) is 0.844. The molecule has 0 fully saturated rings. The predicted octanol–water partition coefficient (Wildman–Crippen LogP) is 1.92. The summed E-state index contributed by atoms with van der Waals surface area (Å²) in [6, 6.07) is 6.45. The lowest BCUT2D eigenvalue weighted by Crippen LogP contribution is -2.34. The second-order valence-corrected chi connectivity index (χ2v) is 5.70. The molecule has 0 radical (unpaired) electrons. The first kappa shape index (κ1) is 17.3. The van der Waals surface area contributed by atoms with Gasteiger partial charge in [0.25, 0.3) is 5.91 Å². The Kier molecular flexibility index (Phi) is 5.63. The molecule has 1 aromatic heterocycles. The van der Waals surface area contributed by atoms with Gasteiger partial charge in [-0.05, 0) is 31.5 Å². The number of amides is 1.